The molecule has 0 aliphatic carbocycles. The molecule has 4 rings (SSSR count). The molecule has 0 saturated heterocycles. The Kier molecular flexibility index (Phi) is 5.89. The van der Waals surface area contributed by atoms with Gasteiger partial charge in [0, 0.05) is 24.7 Å². The number of ether oxygens (including phenoxy) is 2. The van der Waals surface area contributed by atoms with E-state index in [2.05, 4.69) is 16.0 Å². The zero-order valence-corrected chi connectivity index (χ0v) is 17.9. The van der Waals surface area contributed by atoms with Crippen LogP contribution in [0.1, 0.15) is 12.0 Å². The number of anilines is 1. The van der Waals surface area contributed by atoms with E-state index in [0.717, 1.165) is 45.2 Å². The molecule has 0 aliphatic heterocycles. The fraction of sp³-hybridized carbons (Fsp3) is 0.200. The third kappa shape index (κ3) is 4.38. The number of imidazole rings is 1. The minimum atomic E-state index is -0.0552. The normalized spacial score (nSPS) is 10.8. The van der Waals surface area contributed by atoms with E-state index in [4.69, 9.17) is 14.5 Å². The molecule has 158 valence electrons. The average Bonchev–Trinajstić information content (AvgIpc) is 3.14. The van der Waals surface area contributed by atoms with Gasteiger partial charge in [-0.15, -0.1) is 0 Å². The largest absolute Gasteiger partial charge is 0.497 e. The zero-order valence-electron chi connectivity index (χ0n) is 17.9. The van der Waals surface area contributed by atoms with Gasteiger partial charge >= 0.3 is 0 Å². The second-order valence-corrected chi connectivity index (χ2v) is 7.29. The van der Waals surface area contributed by atoms with Gasteiger partial charge in [0.1, 0.15) is 17.3 Å². The van der Waals surface area contributed by atoms with Crippen LogP contribution < -0.4 is 14.8 Å². The van der Waals surface area contributed by atoms with E-state index in [9.17, 15) is 4.79 Å². The molecule has 1 aromatic heterocycles. The molecule has 0 atom stereocenters. The molecule has 1 N–H and O–H groups in total. The number of fused-ring (bicyclic) bond motifs is 1. The number of carbonyl (C=O) groups excluding carboxylic acids is 1. The summed E-state index contributed by atoms with van der Waals surface area (Å²) in [6.07, 6.45) is 0.903. The van der Waals surface area contributed by atoms with E-state index in [1.807, 2.05) is 67.7 Å². The molecule has 31 heavy (non-hydrogen) atoms. The first kappa shape index (κ1) is 20.5. The van der Waals surface area contributed by atoms with E-state index >= 15 is 0 Å². The van der Waals surface area contributed by atoms with Gasteiger partial charge in [-0.25, -0.2) is 4.98 Å². The highest BCUT2D eigenvalue weighted by Gasteiger charge is 2.11. The maximum absolute atomic E-state index is 12.5. The highest BCUT2D eigenvalue weighted by molar-refractivity contribution is 5.91. The Morgan fingerprint density at radius 1 is 1.00 bits per heavy atom. The van der Waals surface area contributed by atoms with Gasteiger partial charge in [0.15, 0.2) is 0 Å². The van der Waals surface area contributed by atoms with Crippen LogP contribution in [0.5, 0.6) is 11.5 Å². The molecule has 1 heterocycles. The summed E-state index contributed by atoms with van der Waals surface area (Å²) < 4.78 is 12.7. The number of nitrogens with one attached hydrogen (secondary N) is 1. The van der Waals surface area contributed by atoms with Crippen LogP contribution in [0.25, 0.3) is 22.4 Å². The number of aryl methyl sites for hydroxylation is 2. The van der Waals surface area contributed by atoms with E-state index in [-0.39, 0.29) is 5.91 Å². The molecule has 0 fully saturated rings. The molecule has 6 nitrogen and oxygen atoms in total. The van der Waals surface area contributed by atoms with Crippen LogP contribution in [-0.2, 0) is 18.3 Å². The first-order valence-electron chi connectivity index (χ1n) is 10.1. The number of hydrogen-bond donors (Lipinski definition) is 1. The molecule has 1 amide bonds. The highest BCUT2D eigenvalue weighted by atomic mass is 16.5. The lowest BCUT2D eigenvalue weighted by atomic mass is 10.1. The quantitative estimate of drug-likeness (QED) is 0.470. The summed E-state index contributed by atoms with van der Waals surface area (Å²) in [5.74, 6) is 2.33. The maximum atomic E-state index is 12.5. The van der Waals surface area contributed by atoms with Crippen LogP contribution in [0.3, 0.4) is 0 Å². The van der Waals surface area contributed by atoms with Crippen LogP contribution in [0, 0.1) is 0 Å². The summed E-state index contributed by atoms with van der Waals surface area (Å²) in [6.45, 7) is 0. The van der Waals surface area contributed by atoms with Gasteiger partial charge in [0.2, 0.25) is 5.91 Å². The van der Waals surface area contributed by atoms with Gasteiger partial charge in [0.25, 0.3) is 0 Å². The molecule has 0 spiro atoms. The number of methoxy groups -OCH3 is 2. The van der Waals surface area contributed by atoms with Gasteiger partial charge in [-0.1, -0.05) is 12.1 Å². The first-order valence-corrected chi connectivity index (χ1v) is 10.1. The summed E-state index contributed by atoms with van der Waals surface area (Å²) >= 11 is 0. The minimum absolute atomic E-state index is 0.0552. The van der Waals surface area contributed by atoms with Crippen LogP contribution >= 0.6 is 0 Å². The molecule has 0 bridgehead atoms. The first-order chi connectivity index (χ1) is 15.1. The van der Waals surface area contributed by atoms with E-state index in [1.165, 1.54) is 0 Å². The van der Waals surface area contributed by atoms with Crippen molar-refractivity contribution in [3.63, 3.8) is 0 Å². The third-order valence-corrected chi connectivity index (χ3v) is 5.32. The topological polar surface area (TPSA) is 65.4 Å². The lowest BCUT2D eigenvalue weighted by Gasteiger charge is -2.11. The summed E-state index contributed by atoms with van der Waals surface area (Å²) in [5, 5.41) is 2.96. The van der Waals surface area contributed by atoms with Crippen molar-refractivity contribution in [3.05, 3.63) is 72.3 Å². The Morgan fingerprint density at radius 2 is 1.77 bits per heavy atom. The van der Waals surface area contributed by atoms with Crippen molar-refractivity contribution in [1.82, 2.24) is 9.55 Å². The molecule has 0 saturated carbocycles. The number of rotatable bonds is 7. The molecule has 6 heteroatoms. The summed E-state index contributed by atoms with van der Waals surface area (Å²) in [5.41, 5.74) is 4.74. The Hall–Kier alpha value is -3.80. The fourth-order valence-electron chi connectivity index (χ4n) is 3.66. The number of benzene rings is 3. The highest BCUT2D eigenvalue weighted by Crippen LogP contribution is 2.26. The fourth-order valence-corrected chi connectivity index (χ4v) is 3.66. The zero-order chi connectivity index (χ0) is 21.8. The number of hydrogen-bond acceptors (Lipinski definition) is 4. The van der Waals surface area contributed by atoms with Crippen molar-refractivity contribution < 1.29 is 14.3 Å². The number of aromatic nitrogens is 2. The number of amides is 1. The van der Waals surface area contributed by atoms with Gasteiger partial charge in [0.05, 0.1) is 25.3 Å². The van der Waals surface area contributed by atoms with Gasteiger partial charge < -0.3 is 19.4 Å². The second-order valence-electron chi connectivity index (χ2n) is 7.29. The third-order valence-electron chi connectivity index (χ3n) is 5.32. The van der Waals surface area contributed by atoms with E-state index in [1.54, 1.807) is 14.2 Å². The van der Waals surface area contributed by atoms with Crippen molar-refractivity contribution in [2.75, 3.05) is 19.5 Å². The smallest absolute Gasteiger partial charge is 0.224 e. The number of carbonyl (C=O) groups is 1. The SMILES string of the molecule is COc1ccc(OC)c(CCC(=O)Nc2ccc(-c3nc4ccccc4n3C)cc2)c1. The van der Waals surface area contributed by atoms with E-state index < -0.39 is 0 Å². The minimum Gasteiger partial charge on any atom is -0.497 e. The number of para-hydroxylation sites is 2. The van der Waals surface area contributed by atoms with Gasteiger partial charge in [-0.05, 0) is 66.6 Å². The molecule has 0 aliphatic rings. The Labute approximate surface area is 181 Å². The summed E-state index contributed by atoms with van der Waals surface area (Å²) in [6, 6.07) is 21.4. The molecular weight excluding hydrogens is 390 g/mol. The standard InChI is InChI=1S/C25H25N3O3/c1-28-22-7-5-4-6-21(22)27-25(28)17-8-11-19(12-9-17)26-24(29)15-10-18-16-20(30-2)13-14-23(18)31-3/h4-9,11-14,16H,10,15H2,1-3H3,(H,26,29). The lowest BCUT2D eigenvalue weighted by Crippen LogP contribution is -2.12. The van der Waals surface area contributed by atoms with Crippen LogP contribution in [-0.4, -0.2) is 29.7 Å². The molecule has 3 aromatic carbocycles. The van der Waals surface area contributed by atoms with Crippen molar-refractivity contribution in [2.45, 2.75) is 12.8 Å². The van der Waals surface area contributed by atoms with Crippen molar-refractivity contribution in [3.8, 4) is 22.9 Å². The Morgan fingerprint density at radius 3 is 2.48 bits per heavy atom. The van der Waals surface area contributed by atoms with Gasteiger partial charge in [-0.3, -0.25) is 4.79 Å². The predicted octanol–water partition coefficient (Wildman–Crippen LogP) is 4.83. The van der Waals surface area contributed by atoms with Crippen molar-refractivity contribution in [1.29, 1.82) is 0 Å². The summed E-state index contributed by atoms with van der Waals surface area (Å²) in [7, 11) is 5.25. The van der Waals surface area contributed by atoms with Crippen molar-refractivity contribution in [2.24, 2.45) is 7.05 Å². The van der Waals surface area contributed by atoms with E-state index in [0.29, 0.717) is 12.8 Å². The van der Waals surface area contributed by atoms with Crippen LogP contribution in [0.2, 0.25) is 0 Å². The number of nitrogens with zero attached hydrogens (tertiary/aromatic N) is 2. The lowest BCUT2D eigenvalue weighted by molar-refractivity contribution is -0.116. The van der Waals surface area contributed by atoms with Crippen LogP contribution in [0.4, 0.5) is 5.69 Å². The van der Waals surface area contributed by atoms with Crippen LogP contribution in [0.15, 0.2) is 66.7 Å². The Balaban J connectivity index is 1.42. The monoisotopic (exact) mass is 415 g/mol. The summed E-state index contributed by atoms with van der Waals surface area (Å²) in [4.78, 5) is 17.2. The predicted molar refractivity (Wildman–Crippen MR) is 123 cm³/mol. The second kappa shape index (κ2) is 8.92. The van der Waals surface area contributed by atoms with Gasteiger partial charge in [-0.2, -0.15) is 0 Å². The molecule has 0 radical (unpaired) electrons. The molecular formula is C25H25N3O3. The average molecular weight is 415 g/mol. The maximum Gasteiger partial charge on any atom is 0.224 e. The Bertz CT molecular complexity index is 1210. The molecule has 0 unspecified atom stereocenters. The van der Waals surface area contributed by atoms with Crippen molar-refractivity contribution >= 4 is 22.6 Å². The molecule has 4 aromatic rings.